The van der Waals surface area contributed by atoms with Gasteiger partial charge in [0.25, 0.3) is 5.78 Å². The van der Waals surface area contributed by atoms with Crippen LogP contribution in [0.5, 0.6) is 0 Å². The van der Waals surface area contributed by atoms with E-state index in [0.717, 1.165) is 22.7 Å². The summed E-state index contributed by atoms with van der Waals surface area (Å²) in [4.78, 5) is 13.9. The molecule has 0 aliphatic carbocycles. The van der Waals surface area contributed by atoms with Crippen LogP contribution < -0.4 is 5.32 Å². The van der Waals surface area contributed by atoms with Gasteiger partial charge in [-0.3, -0.25) is 4.79 Å². The lowest BCUT2D eigenvalue weighted by atomic mass is 10.1. The van der Waals surface area contributed by atoms with Crippen molar-refractivity contribution in [3.05, 3.63) is 47.3 Å². The molecule has 2 N–H and O–H groups in total. The maximum atomic E-state index is 12.1. The molecule has 0 amide bonds. The van der Waals surface area contributed by atoms with Gasteiger partial charge in [-0.05, 0) is 18.1 Å². The molecule has 0 saturated carbocycles. The van der Waals surface area contributed by atoms with Crippen molar-refractivity contribution in [3.8, 4) is 0 Å². The minimum absolute atomic E-state index is 0.364. The lowest BCUT2D eigenvalue weighted by Gasteiger charge is -2.05. The molecule has 1 aromatic carbocycles. The molecule has 112 valence electrons. The molecule has 1 aromatic heterocycles. The third-order valence-electron chi connectivity index (χ3n) is 2.92. The number of para-hydroxylation sites is 1. The quantitative estimate of drug-likeness (QED) is 0.655. The Kier molecular flexibility index (Phi) is 4.57. The molecular weight excluding hydrogens is 305 g/mol. The maximum Gasteiger partial charge on any atom is 0.455 e. The lowest BCUT2D eigenvalue weighted by molar-refractivity contribution is -0.165. The first-order chi connectivity index (χ1) is 9.89. The van der Waals surface area contributed by atoms with Gasteiger partial charge in [0.2, 0.25) is 0 Å². The van der Waals surface area contributed by atoms with Gasteiger partial charge < -0.3 is 10.3 Å². The fourth-order valence-corrected chi connectivity index (χ4v) is 2.09. The van der Waals surface area contributed by atoms with Crippen LogP contribution in [0.1, 0.15) is 5.56 Å². The van der Waals surface area contributed by atoms with Crippen LogP contribution in [-0.2, 0) is 11.2 Å². The zero-order valence-corrected chi connectivity index (χ0v) is 11.6. The molecule has 0 bridgehead atoms. The number of nitrogens with one attached hydrogen (secondary N) is 2. The Hall–Kier alpha value is -1.95. The van der Waals surface area contributed by atoms with Crippen molar-refractivity contribution < 1.29 is 18.0 Å². The monoisotopic (exact) mass is 316 g/mol. The molecule has 1 heterocycles. The Morgan fingerprint density at radius 2 is 2.05 bits per heavy atom. The number of allylic oxidation sites excluding steroid dienone is 1. The maximum absolute atomic E-state index is 12.1. The van der Waals surface area contributed by atoms with Crippen LogP contribution in [0.25, 0.3) is 10.9 Å². The first-order valence-corrected chi connectivity index (χ1v) is 6.53. The van der Waals surface area contributed by atoms with E-state index in [1.54, 1.807) is 0 Å². The second-order valence-corrected chi connectivity index (χ2v) is 4.79. The minimum Gasteiger partial charge on any atom is -0.389 e. The highest BCUT2D eigenvalue weighted by molar-refractivity contribution is 6.43. The summed E-state index contributed by atoms with van der Waals surface area (Å²) < 4.78 is 36.3. The van der Waals surface area contributed by atoms with Crippen LogP contribution in [0.4, 0.5) is 13.2 Å². The summed E-state index contributed by atoms with van der Waals surface area (Å²) in [7, 11) is 0. The van der Waals surface area contributed by atoms with Gasteiger partial charge in [-0.25, -0.2) is 0 Å². The molecular formula is C14H12ClF3N2O. The van der Waals surface area contributed by atoms with Crippen molar-refractivity contribution in [2.24, 2.45) is 0 Å². The van der Waals surface area contributed by atoms with E-state index in [2.05, 4.69) is 10.3 Å². The number of fused-ring (bicyclic) bond motifs is 1. The van der Waals surface area contributed by atoms with E-state index in [1.165, 1.54) is 0 Å². The van der Waals surface area contributed by atoms with E-state index in [0.29, 0.717) is 13.0 Å². The van der Waals surface area contributed by atoms with E-state index in [-0.39, 0.29) is 0 Å². The molecule has 0 aliphatic heterocycles. The molecule has 2 rings (SSSR count). The largest absolute Gasteiger partial charge is 0.455 e. The van der Waals surface area contributed by atoms with Crippen molar-refractivity contribution in [1.82, 2.24) is 10.3 Å². The summed E-state index contributed by atoms with van der Waals surface area (Å²) in [5.74, 6) is -2.05. The predicted molar refractivity (Wildman–Crippen MR) is 75.0 cm³/mol. The first-order valence-electron chi connectivity index (χ1n) is 6.15. The number of benzene rings is 1. The molecule has 0 radical (unpaired) electrons. The molecule has 21 heavy (non-hydrogen) atoms. The zero-order valence-electron chi connectivity index (χ0n) is 10.8. The van der Waals surface area contributed by atoms with Gasteiger partial charge in [-0.1, -0.05) is 29.8 Å². The van der Waals surface area contributed by atoms with Crippen LogP contribution in [0.2, 0.25) is 0 Å². The van der Waals surface area contributed by atoms with E-state index in [1.807, 2.05) is 30.5 Å². The summed E-state index contributed by atoms with van der Waals surface area (Å²) in [5, 5.41) is 2.79. The molecule has 2 aromatic rings. The average Bonchev–Trinajstić information content (AvgIpc) is 2.85. The van der Waals surface area contributed by atoms with Gasteiger partial charge in [0, 0.05) is 29.8 Å². The summed E-state index contributed by atoms with van der Waals surface area (Å²) in [5.41, 5.74) is 2.03. The van der Waals surface area contributed by atoms with Gasteiger partial charge in [-0.2, -0.15) is 13.2 Å². The first kappa shape index (κ1) is 15.4. The van der Waals surface area contributed by atoms with E-state index < -0.39 is 17.0 Å². The Balaban J connectivity index is 1.92. The second-order valence-electron chi connectivity index (χ2n) is 4.38. The molecule has 0 saturated heterocycles. The van der Waals surface area contributed by atoms with Crippen molar-refractivity contribution >= 4 is 28.3 Å². The molecule has 3 nitrogen and oxygen atoms in total. The highest BCUT2D eigenvalue weighted by Crippen LogP contribution is 2.22. The zero-order chi connectivity index (χ0) is 15.5. The molecule has 7 heteroatoms. The van der Waals surface area contributed by atoms with Crippen LogP contribution in [0.3, 0.4) is 0 Å². The van der Waals surface area contributed by atoms with Crippen molar-refractivity contribution in [1.29, 1.82) is 0 Å². The Labute approximate surface area is 123 Å². The smallest absolute Gasteiger partial charge is 0.389 e. The fourth-order valence-electron chi connectivity index (χ4n) is 1.91. The molecule has 0 spiro atoms. The van der Waals surface area contributed by atoms with E-state index in [9.17, 15) is 18.0 Å². The van der Waals surface area contributed by atoms with E-state index in [4.69, 9.17) is 11.6 Å². The van der Waals surface area contributed by atoms with Crippen LogP contribution in [-0.4, -0.2) is 23.5 Å². The van der Waals surface area contributed by atoms with Crippen LogP contribution >= 0.6 is 11.6 Å². The SMILES string of the molecule is O=C(/C(Cl)=C/NCCc1c[nH]c2ccccc12)C(F)(F)F. The number of carbonyl (C=O) groups is 1. The Morgan fingerprint density at radius 3 is 2.76 bits per heavy atom. The normalized spacial score (nSPS) is 12.7. The molecule has 0 aliphatic rings. The van der Waals surface area contributed by atoms with Crippen molar-refractivity contribution in [3.63, 3.8) is 0 Å². The van der Waals surface area contributed by atoms with E-state index >= 15 is 0 Å². The minimum atomic E-state index is -4.95. The third kappa shape index (κ3) is 3.78. The lowest BCUT2D eigenvalue weighted by Crippen LogP contribution is -2.24. The fraction of sp³-hybridized carbons (Fsp3) is 0.214. The number of rotatable bonds is 5. The molecule has 0 atom stereocenters. The van der Waals surface area contributed by atoms with Crippen molar-refractivity contribution in [2.45, 2.75) is 12.6 Å². The average molecular weight is 317 g/mol. The number of H-pyrrole nitrogens is 1. The summed E-state index contributed by atoms with van der Waals surface area (Å²) >= 11 is 5.29. The Morgan fingerprint density at radius 1 is 1.33 bits per heavy atom. The topological polar surface area (TPSA) is 44.9 Å². The van der Waals surface area contributed by atoms with Crippen LogP contribution in [0, 0.1) is 0 Å². The number of alkyl halides is 3. The van der Waals surface area contributed by atoms with Gasteiger partial charge in [0.15, 0.2) is 0 Å². The Bertz CT molecular complexity index is 676. The van der Waals surface area contributed by atoms with Crippen LogP contribution in [0.15, 0.2) is 41.7 Å². The number of hydrogen-bond donors (Lipinski definition) is 2. The summed E-state index contributed by atoms with van der Waals surface area (Å²) in [6, 6.07) is 7.71. The van der Waals surface area contributed by atoms with Gasteiger partial charge in [0.1, 0.15) is 5.03 Å². The summed E-state index contributed by atoms with van der Waals surface area (Å²) in [6.45, 7) is 0.364. The molecule has 0 unspecified atom stereocenters. The second kappa shape index (κ2) is 6.22. The number of carbonyl (C=O) groups excluding carboxylic acids is 1. The highest BCUT2D eigenvalue weighted by Gasteiger charge is 2.40. The third-order valence-corrected chi connectivity index (χ3v) is 3.20. The predicted octanol–water partition coefficient (Wildman–Crippen LogP) is 3.51. The number of aromatic nitrogens is 1. The summed E-state index contributed by atoms with van der Waals surface area (Å²) in [6.07, 6.45) is -1.64. The number of Topliss-reactive ketones (excluding diaryl/α,β-unsaturated/α-hetero) is 1. The molecule has 0 fully saturated rings. The van der Waals surface area contributed by atoms with Gasteiger partial charge in [0.05, 0.1) is 0 Å². The van der Waals surface area contributed by atoms with Crippen molar-refractivity contribution in [2.75, 3.05) is 6.54 Å². The van der Waals surface area contributed by atoms with Gasteiger partial charge in [-0.15, -0.1) is 0 Å². The number of hydrogen-bond acceptors (Lipinski definition) is 2. The van der Waals surface area contributed by atoms with Gasteiger partial charge >= 0.3 is 6.18 Å². The number of halogens is 4. The highest BCUT2D eigenvalue weighted by atomic mass is 35.5. The standard InChI is InChI=1S/C14H12ClF3N2O/c15-11(13(21)14(16,17)18)8-19-6-5-9-7-20-12-4-2-1-3-10(9)12/h1-4,7-8,19-20H,5-6H2/b11-8-. The number of aromatic amines is 1. The number of ketones is 1.